The molecule has 1 aliphatic heterocycles. The first-order valence-corrected chi connectivity index (χ1v) is 12.9. The number of ether oxygens (including phenoxy) is 3. The van der Waals surface area contributed by atoms with Crippen molar-refractivity contribution in [2.24, 2.45) is 0 Å². The average Bonchev–Trinajstić information content (AvgIpc) is 2.90. The Balaban J connectivity index is 1.63. The van der Waals surface area contributed by atoms with Gasteiger partial charge in [-0.1, -0.05) is 43.3 Å². The molecular weight excluding hydrogens is 468 g/mol. The highest BCUT2D eigenvalue weighted by Crippen LogP contribution is 2.33. The lowest BCUT2D eigenvalue weighted by molar-refractivity contribution is -0.122. The largest absolute Gasteiger partial charge is 0.481 e. The van der Waals surface area contributed by atoms with Crippen molar-refractivity contribution in [2.45, 2.75) is 24.3 Å². The summed E-state index contributed by atoms with van der Waals surface area (Å²) < 4.78 is 44.9. The zero-order chi connectivity index (χ0) is 24.7. The van der Waals surface area contributed by atoms with E-state index in [0.717, 1.165) is 0 Å². The standard InChI is InChI=1S/C26H28N2O6S/c1-2-24(33-20-9-5-3-6-10-20)26(29)27-23-19-22(35(30,31)28-15-17-32-18-16-28)13-14-25(23)34-21-11-7-4-8-12-21/h3-14,19,24H,2,15-18H2,1H3,(H,27,29). The number of para-hydroxylation sites is 2. The Morgan fingerprint density at radius 1 is 0.971 bits per heavy atom. The summed E-state index contributed by atoms with van der Waals surface area (Å²) in [5.41, 5.74) is 0.239. The molecular formula is C26H28N2O6S. The molecule has 3 aromatic carbocycles. The van der Waals surface area contributed by atoms with Crippen molar-refractivity contribution in [1.82, 2.24) is 4.31 Å². The summed E-state index contributed by atoms with van der Waals surface area (Å²) in [7, 11) is -3.77. The molecule has 4 rings (SSSR count). The number of carbonyl (C=O) groups excluding carboxylic acids is 1. The molecule has 9 heteroatoms. The predicted octanol–water partition coefficient (Wildman–Crippen LogP) is 4.30. The van der Waals surface area contributed by atoms with E-state index in [4.69, 9.17) is 14.2 Å². The molecule has 1 fully saturated rings. The van der Waals surface area contributed by atoms with Crippen LogP contribution in [0.5, 0.6) is 17.2 Å². The van der Waals surface area contributed by atoms with Crippen molar-refractivity contribution in [3.8, 4) is 17.2 Å². The van der Waals surface area contributed by atoms with Gasteiger partial charge < -0.3 is 19.5 Å². The van der Waals surface area contributed by atoms with Crippen molar-refractivity contribution in [2.75, 3.05) is 31.6 Å². The molecule has 0 spiro atoms. The number of amides is 1. The van der Waals surface area contributed by atoms with E-state index in [-0.39, 0.29) is 23.7 Å². The van der Waals surface area contributed by atoms with Gasteiger partial charge in [0.15, 0.2) is 11.9 Å². The van der Waals surface area contributed by atoms with Crippen LogP contribution in [-0.2, 0) is 19.6 Å². The fraction of sp³-hybridized carbons (Fsp3) is 0.269. The van der Waals surface area contributed by atoms with E-state index in [0.29, 0.717) is 36.9 Å². The summed E-state index contributed by atoms with van der Waals surface area (Å²) in [5, 5.41) is 2.82. The molecule has 3 aromatic rings. The van der Waals surface area contributed by atoms with Crippen molar-refractivity contribution in [1.29, 1.82) is 0 Å². The molecule has 1 saturated heterocycles. The summed E-state index contributed by atoms with van der Waals surface area (Å²) in [6, 6.07) is 22.6. The maximum Gasteiger partial charge on any atom is 0.265 e. The summed E-state index contributed by atoms with van der Waals surface area (Å²) >= 11 is 0. The highest BCUT2D eigenvalue weighted by molar-refractivity contribution is 7.89. The number of morpholine rings is 1. The normalized spacial score (nSPS) is 15.2. The molecule has 184 valence electrons. The first kappa shape index (κ1) is 24.7. The maximum atomic E-state index is 13.2. The lowest BCUT2D eigenvalue weighted by atomic mass is 10.2. The van der Waals surface area contributed by atoms with Crippen molar-refractivity contribution < 1.29 is 27.4 Å². The summed E-state index contributed by atoms with van der Waals surface area (Å²) in [5.74, 6) is 1.04. The number of hydrogen-bond acceptors (Lipinski definition) is 6. The molecule has 1 N–H and O–H groups in total. The molecule has 1 aliphatic rings. The third-order valence-corrected chi connectivity index (χ3v) is 7.37. The van der Waals surface area contributed by atoms with Crippen molar-refractivity contribution in [3.05, 3.63) is 78.9 Å². The van der Waals surface area contributed by atoms with Gasteiger partial charge in [0.25, 0.3) is 5.91 Å². The molecule has 1 unspecified atom stereocenters. The smallest absolute Gasteiger partial charge is 0.265 e. The first-order chi connectivity index (χ1) is 17.0. The van der Waals surface area contributed by atoms with Crippen LogP contribution in [0.25, 0.3) is 0 Å². The number of hydrogen-bond donors (Lipinski definition) is 1. The van der Waals surface area contributed by atoms with Gasteiger partial charge in [-0.25, -0.2) is 8.42 Å². The molecule has 0 bridgehead atoms. The monoisotopic (exact) mass is 496 g/mol. The van der Waals surface area contributed by atoms with E-state index in [1.807, 2.05) is 43.3 Å². The lowest BCUT2D eigenvalue weighted by Gasteiger charge is -2.26. The Labute approximate surface area is 205 Å². The van der Waals surface area contributed by atoms with Crippen molar-refractivity contribution in [3.63, 3.8) is 0 Å². The van der Waals surface area contributed by atoms with Gasteiger partial charge in [0.1, 0.15) is 11.5 Å². The summed E-state index contributed by atoms with van der Waals surface area (Å²) in [4.78, 5) is 13.2. The van der Waals surface area contributed by atoms with Crippen LogP contribution >= 0.6 is 0 Å². The number of nitrogens with one attached hydrogen (secondary N) is 1. The topological polar surface area (TPSA) is 94.2 Å². The molecule has 35 heavy (non-hydrogen) atoms. The Kier molecular flexibility index (Phi) is 8.02. The number of benzene rings is 3. The molecule has 0 aliphatic carbocycles. The van der Waals surface area contributed by atoms with E-state index in [1.165, 1.54) is 16.4 Å². The van der Waals surface area contributed by atoms with Gasteiger partial charge in [0.05, 0.1) is 23.8 Å². The molecule has 0 aromatic heterocycles. The maximum absolute atomic E-state index is 13.2. The predicted molar refractivity (Wildman–Crippen MR) is 132 cm³/mol. The van der Waals surface area contributed by atoms with Gasteiger partial charge >= 0.3 is 0 Å². The molecule has 1 heterocycles. The van der Waals surface area contributed by atoms with Gasteiger partial charge in [-0.2, -0.15) is 4.31 Å². The second-order valence-corrected chi connectivity index (χ2v) is 9.84. The minimum atomic E-state index is -3.77. The fourth-order valence-electron chi connectivity index (χ4n) is 3.61. The summed E-state index contributed by atoms with van der Waals surface area (Å²) in [6.45, 7) is 3.07. The second-order valence-electron chi connectivity index (χ2n) is 7.91. The molecule has 1 atom stereocenters. The number of rotatable bonds is 9. The number of sulfonamides is 1. The Bertz CT molecular complexity index is 1230. The zero-order valence-corrected chi connectivity index (χ0v) is 20.2. The number of nitrogens with zero attached hydrogens (tertiary/aromatic N) is 1. The number of carbonyl (C=O) groups is 1. The van der Waals surface area contributed by atoms with Crippen LogP contribution in [0.1, 0.15) is 13.3 Å². The quantitative estimate of drug-likeness (QED) is 0.475. The average molecular weight is 497 g/mol. The van der Waals surface area contributed by atoms with Gasteiger partial charge in [-0.15, -0.1) is 0 Å². The Hall–Kier alpha value is -3.40. The Morgan fingerprint density at radius 3 is 2.23 bits per heavy atom. The van der Waals surface area contributed by atoms with E-state index in [2.05, 4.69) is 5.32 Å². The molecule has 0 radical (unpaired) electrons. The van der Waals surface area contributed by atoms with Crippen LogP contribution in [0.15, 0.2) is 83.8 Å². The lowest BCUT2D eigenvalue weighted by Crippen LogP contribution is -2.40. The van der Waals surface area contributed by atoms with E-state index >= 15 is 0 Å². The van der Waals surface area contributed by atoms with Crippen LogP contribution in [0.2, 0.25) is 0 Å². The van der Waals surface area contributed by atoms with Gasteiger partial charge in [-0.3, -0.25) is 4.79 Å². The summed E-state index contributed by atoms with van der Waals surface area (Å²) in [6.07, 6.45) is -0.358. The third kappa shape index (κ3) is 6.19. The van der Waals surface area contributed by atoms with Crippen LogP contribution < -0.4 is 14.8 Å². The number of anilines is 1. The van der Waals surface area contributed by atoms with Gasteiger partial charge in [-0.05, 0) is 48.9 Å². The van der Waals surface area contributed by atoms with Crippen LogP contribution in [0, 0.1) is 0 Å². The zero-order valence-electron chi connectivity index (χ0n) is 19.4. The van der Waals surface area contributed by atoms with E-state index < -0.39 is 22.0 Å². The minimum Gasteiger partial charge on any atom is -0.481 e. The first-order valence-electron chi connectivity index (χ1n) is 11.4. The highest BCUT2D eigenvalue weighted by atomic mass is 32.2. The third-order valence-electron chi connectivity index (χ3n) is 5.47. The molecule has 8 nitrogen and oxygen atoms in total. The minimum absolute atomic E-state index is 0.0622. The fourth-order valence-corrected chi connectivity index (χ4v) is 5.04. The highest BCUT2D eigenvalue weighted by Gasteiger charge is 2.28. The van der Waals surface area contributed by atoms with Gasteiger partial charge in [0.2, 0.25) is 10.0 Å². The van der Waals surface area contributed by atoms with Crippen LogP contribution in [0.4, 0.5) is 5.69 Å². The second kappa shape index (κ2) is 11.4. The van der Waals surface area contributed by atoms with E-state index in [1.54, 1.807) is 30.3 Å². The van der Waals surface area contributed by atoms with Crippen LogP contribution in [-0.4, -0.2) is 51.0 Å². The van der Waals surface area contributed by atoms with Crippen LogP contribution in [0.3, 0.4) is 0 Å². The van der Waals surface area contributed by atoms with Gasteiger partial charge in [0, 0.05) is 13.1 Å². The Morgan fingerprint density at radius 2 is 1.60 bits per heavy atom. The molecule has 1 amide bonds. The SMILES string of the molecule is CCC(Oc1ccccc1)C(=O)Nc1cc(S(=O)(=O)N2CCOCC2)ccc1Oc1ccccc1. The van der Waals surface area contributed by atoms with E-state index in [9.17, 15) is 13.2 Å². The van der Waals surface area contributed by atoms with Crippen molar-refractivity contribution >= 4 is 21.6 Å². The molecule has 0 saturated carbocycles.